The van der Waals surface area contributed by atoms with Crippen LogP contribution in [-0.2, 0) is 6.42 Å². The molecule has 3 rings (SSSR count). The molecule has 0 bridgehead atoms. The van der Waals surface area contributed by atoms with Crippen molar-refractivity contribution in [2.45, 2.75) is 19.8 Å². The smallest absolute Gasteiger partial charge is 0.131 e. The van der Waals surface area contributed by atoms with Gasteiger partial charge in [-0.1, -0.05) is 61.9 Å². The van der Waals surface area contributed by atoms with Crippen molar-refractivity contribution in [3.05, 3.63) is 78.1 Å². The summed E-state index contributed by atoms with van der Waals surface area (Å²) < 4.78 is 19.5. The molecule has 24 heavy (non-hydrogen) atoms. The lowest BCUT2D eigenvalue weighted by Crippen LogP contribution is -1.89. The maximum absolute atomic E-state index is 14.4. The van der Waals surface area contributed by atoms with Gasteiger partial charge in [0.05, 0.1) is 7.11 Å². The number of halogens is 1. The molecule has 122 valence electrons. The van der Waals surface area contributed by atoms with E-state index < -0.39 is 0 Å². The average Bonchev–Trinajstić information content (AvgIpc) is 2.62. The molecule has 3 aromatic rings. The number of hydrogen-bond acceptors (Lipinski definition) is 1. The summed E-state index contributed by atoms with van der Waals surface area (Å²) in [6, 6.07) is 21.5. The Morgan fingerprint density at radius 3 is 1.92 bits per heavy atom. The van der Waals surface area contributed by atoms with Crippen molar-refractivity contribution in [2.75, 3.05) is 7.11 Å². The van der Waals surface area contributed by atoms with Gasteiger partial charge in [0.2, 0.25) is 0 Å². The first-order chi connectivity index (χ1) is 11.7. The molecule has 0 amide bonds. The highest BCUT2D eigenvalue weighted by Gasteiger charge is 2.07. The van der Waals surface area contributed by atoms with Crippen LogP contribution >= 0.6 is 0 Å². The Balaban J connectivity index is 1.86. The number of methoxy groups -OCH3 is 1. The van der Waals surface area contributed by atoms with Crippen molar-refractivity contribution >= 4 is 0 Å². The lowest BCUT2D eigenvalue weighted by Gasteiger charge is -2.08. The Kier molecular flexibility index (Phi) is 4.95. The van der Waals surface area contributed by atoms with E-state index in [2.05, 4.69) is 6.92 Å². The number of ether oxygens (including phenoxy) is 1. The predicted octanol–water partition coefficient (Wildman–Crippen LogP) is 6.12. The van der Waals surface area contributed by atoms with E-state index in [1.807, 2.05) is 60.7 Å². The Labute approximate surface area is 142 Å². The average molecular weight is 320 g/mol. The van der Waals surface area contributed by atoms with Crippen molar-refractivity contribution in [2.24, 2.45) is 0 Å². The maximum Gasteiger partial charge on any atom is 0.131 e. The van der Waals surface area contributed by atoms with Crippen LogP contribution in [0.4, 0.5) is 4.39 Å². The Morgan fingerprint density at radius 2 is 1.38 bits per heavy atom. The fraction of sp³-hybridized carbons (Fsp3) is 0.182. The van der Waals surface area contributed by atoms with Crippen LogP contribution in [0, 0.1) is 5.82 Å². The highest BCUT2D eigenvalue weighted by Crippen LogP contribution is 2.28. The second-order valence-electron chi connectivity index (χ2n) is 5.87. The van der Waals surface area contributed by atoms with Crippen LogP contribution in [0.1, 0.15) is 18.9 Å². The molecule has 0 radical (unpaired) electrons. The summed E-state index contributed by atoms with van der Waals surface area (Å²) in [7, 11) is 1.66. The summed E-state index contributed by atoms with van der Waals surface area (Å²) in [5.41, 5.74) is 4.81. The summed E-state index contributed by atoms with van der Waals surface area (Å²) in [5.74, 6) is 0.683. The van der Waals surface area contributed by atoms with Crippen molar-refractivity contribution in [1.82, 2.24) is 0 Å². The van der Waals surface area contributed by atoms with Gasteiger partial charge in [-0.2, -0.15) is 0 Å². The minimum atomic E-state index is -0.154. The minimum Gasteiger partial charge on any atom is -0.497 e. The Bertz CT molecular complexity index is 804. The van der Waals surface area contributed by atoms with E-state index in [4.69, 9.17) is 4.74 Å². The van der Waals surface area contributed by atoms with Gasteiger partial charge in [-0.05, 0) is 46.9 Å². The topological polar surface area (TPSA) is 9.23 Å². The monoisotopic (exact) mass is 320 g/mol. The fourth-order valence-electron chi connectivity index (χ4n) is 2.86. The standard InChI is InChI=1S/C22H21FO/c1-3-4-16-5-14-21(22(23)15-16)19-8-6-17(7-9-19)18-10-12-20(24-2)13-11-18/h5-15H,3-4H2,1-2H3. The van der Waals surface area contributed by atoms with Crippen LogP contribution in [0.15, 0.2) is 66.7 Å². The molecular weight excluding hydrogens is 299 g/mol. The van der Waals surface area contributed by atoms with Gasteiger partial charge < -0.3 is 4.74 Å². The molecular formula is C22H21FO. The molecule has 0 fully saturated rings. The molecule has 0 saturated heterocycles. The highest BCUT2D eigenvalue weighted by atomic mass is 19.1. The van der Waals surface area contributed by atoms with Crippen molar-refractivity contribution in [3.63, 3.8) is 0 Å². The summed E-state index contributed by atoms with van der Waals surface area (Å²) in [6.07, 6.45) is 1.93. The van der Waals surface area contributed by atoms with Gasteiger partial charge in [0.15, 0.2) is 0 Å². The molecule has 1 nitrogen and oxygen atoms in total. The first-order valence-electron chi connectivity index (χ1n) is 8.24. The molecule has 0 aliphatic carbocycles. The van der Waals surface area contributed by atoms with Crippen molar-refractivity contribution in [3.8, 4) is 28.0 Å². The van der Waals surface area contributed by atoms with Gasteiger partial charge in [0.25, 0.3) is 0 Å². The molecule has 0 unspecified atom stereocenters. The largest absolute Gasteiger partial charge is 0.497 e. The van der Waals surface area contributed by atoms with Crippen molar-refractivity contribution in [1.29, 1.82) is 0 Å². The predicted molar refractivity (Wildman–Crippen MR) is 97.8 cm³/mol. The summed E-state index contributed by atoms with van der Waals surface area (Å²) in [5, 5.41) is 0. The van der Waals surface area contributed by atoms with Gasteiger partial charge in [-0.15, -0.1) is 0 Å². The zero-order valence-electron chi connectivity index (χ0n) is 14.1. The van der Waals surface area contributed by atoms with E-state index in [1.165, 1.54) is 0 Å². The molecule has 0 spiro atoms. The van der Waals surface area contributed by atoms with Crippen LogP contribution < -0.4 is 4.74 Å². The third-order valence-electron chi connectivity index (χ3n) is 4.19. The van der Waals surface area contributed by atoms with Gasteiger partial charge in [-0.25, -0.2) is 4.39 Å². The van der Waals surface area contributed by atoms with Crippen LogP contribution in [0.2, 0.25) is 0 Å². The van der Waals surface area contributed by atoms with Gasteiger partial charge in [0, 0.05) is 5.56 Å². The molecule has 0 atom stereocenters. The third-order valence-corrected chi connectivity index (χ3v) is 4.19. The van der Waals surface area contributed by atoms with Crippen LogP contribution in [0.25, 0.3) is 22.3 Å². The number of aryl methyl sites for hydroxylation is 1. The van der Waals surface area contributed by atoms with E-state index in [1.54, 1.807) is 13.2 Å². The first kappa shape index (κ1) is 16.3. The van der Waals surface area contributed by atoms with E-state index in [0.29, 0.717) is 5.56 Å². The van der Waals surface area contributed by atoms with Gasteiger partial charge >= 0.3 is 0 Å². The first-order valence-corrected chi connectivity index (χ1v) is 8.24. The second kappa shape index (κ2) is 7.31. The SMILES string of the molecule is CCCc1ccc(-c2ccc(-c3ccc(OC)cc3)cc2)c(F)c1. The minimum absolute atomic E-state index is 0.154. The lowest BCUT2D eigenvalue weighted by atomic mass is 9.98. The van der Waals surface area contributed by atoms with Crippen LogP contribution in [0.5, 0.6) is 5.75 Å². The Morgan fingerprint density at radius 1 is 0.792 bits per heavy atom. The molecule has 0 saturated carbocycles. The number of benzene rings is 3. The molecule has 3 aromatic carbocycles. The van der Waals surface area contributed by atoms with E-state index in [0.717, 1.165) is 40.8 Å². The summed E-state index contributed by atoms with van der Waals surface area (Å²) in [4.78, 5) is 0. The zero-order valence-corrected chi connectivity index (χ0v) is 14.1. The van der Waals surface area contributed by atoms with Crippen molar-refractivity contribution < 1.29 is 9.13 Å². The number of hydrogen-bond donors (Lipinski definition) is 0. The molecule has 0 heterocycles. The molecule has 0 aliphatic rings. The van der Waals surface area contributed by atoms with Gasteiger partial charge in [-0.3, -0.25) is 0 Å². The highest BCUT2D eigenvalue weighted by molar-refractivity contribution is 5.71. The fourth-order valence-corrected chi connectivity index (χ4v) is 2.86. The molecule has 0 aliphatic heterocycles. The lowest BCUT2D eigenvalue weighted by molar-refractivity contribution is 0.415. The second-order valence-corrected chi connectivity index (χ2v) is 5.87. The van der Waals surface area contributed by atoms with Gasteiger partial charge in [0.1, 0.15) is 11.6 Å². The van der Waals surface area contributed by atoms with E-state index in [-0.39, 0.29) is 5.82 Å². The normalized spacial score (nSPS) is 10.6. The molecule has 2 heteroatoms. The molecule has 0 aromatic heterocycles. The van der Waals surface area contributed by atoms with Crippen LogP contribution in [-0.4, -0.2) is 7.11 Å². The maximum atomic E-state index is 14.4. The zero-order chi connectivity index (χ0) is 16.9. The van der Waals surface area contributed by atoms with E-state index >= 15 is 0 Å². The summed E-state index contributed by atoms with van der Waals surface area (Å²) >= 11 is 0. The Hall–Kier alpha value is -2.61. The van der Waals surface area contributed by atoms with Crippen LogP contribution in [0.3, 0.4) is 0 Å². The quantitative estimate of drug-likeness (QED) is 0.550. The molecule has 0 N–H and O–H groups in total. The third kappa shape index (κ3) is 3.48. The summed E-state index contributed by atoms with van der Waals surface area (Å²) in [6.45, 7) is 2.10. The van der Waals surface area contributed by atoms with E-state index in [9.17, 15) is 4.39 Å². The number of rotatable bonds is 5.